The highest BCUT2D eigenvalue weighted by Gasteiger charge is 2.48. The van der Waals surface area contributed by atoms with Crippen LogP contribution < -0.4 is 0 Å². The molecule has 5 heteroatoms. The number of esters is 2. The molecule has 0 fully saturated rings. The van der Waals surface area contributed by atoms with E-state index in [4.69, 9.17) is 4.74 Å². The number of ether oxygens (including phenoxy) is 3. The number of methoxy groups -OCH3 is 2. The van der Waals surface area contributed by atoms with Crippen molar-refractivity contribution in [1.82, 2.24) is 0 Å². The molecule has 0 heterocycles. The van der Waals surface area contributed by atoms with Crippen LogP contribution in [0.25, 0.3) is 0 Å². The Morgan fingerprint density at radius 2 is 1.56 bits per heavy atom. The summed E-state index contributed by atoms with van der Waals surface area (Å²) in [7, 11) is 2.50. The predicted molar refractivity (Wildman–Crippen MR) is 57.9 cm³/mol. The van der Waals surface area contributed by atoms with E-state index in [-0.39, 0.29) is 6.61 Å². The second kappa shape index (κ2) is 7.22. The molecule has 0 amide bonds. The SMILES string of the molecule is CCCC(COCC)(C(=O)OC)C(=O)OC. The number of hydrogen-bond acceptors (Lipinski definition) is 5. The molecule has 0 bridgehead atoms. The first-order chi connectivity index (χ1) is 7.58. The van der Waals surface area contributed by atoms with Gasteiger partial charge in [0.05, 0.1) is 20.8 Å². The lowest BCUT2D eigenvalue weighted by molar-refractivity contribution is -0.174. The van der Waals surface area contributed by atoms with E-state index in [1.807, 2.05) is 6.92 Å². The van der Waals surface area contributed by atoms with Crippen LogP contribution in [0.5, 0.6) is 0 Å². The summed E-state index contributed by atoms with van der Waals surface area (Å²) in [5.41, 5.74) is -1.33. The summed E-state index contributed by atoms with van der Waals surface area (Å²) in [6.45, 7) is 4.11. The van der Waals surface area contributed by atoms with Gasteiger partial charge in [0.1, 0.15) is 0 Å². The van der Waals surface area contributed by atoms with Crippen LogP contribution in [0, 0.1) is 5.41 Å². The Morgan fingerprint density at radius 3 is 1.88 bits per heavy atom. The maximum atomic E-state index is 11.7. The number of carbonyl (C=O) groups is 2. The highest BCUT2D eigenvalue weighted by molar-refractivity contribution is 6.00. The average molecular weight is 232 g/mol. The van der Waals surface area contributed by atoms with Crippen molar-refractivity contribution >= 4 is 11.9 Å². The van der Waals surface area contributed by atoms with Crippen LogP contribution in [0.4, 0.5) is 0 Å². The summed E-state index contributed by atoms with van der Waals surface area (Å²) < 4.78 is 14.5. The Bertz CT molecular complexity index is 221. The molecule has 0 saturated heterocycles. The Balaban J connectivity index is 5.03. The molecule has 94 valence electrons. The molecule has 0 unspecified atom stereocenters. The molecule has 0 rings (SSSR count). The van der Waals surface area contributed by atoms with Gasteiger partial charge in [-0.2, -0.15) is 0 Å². The van der Waals surface area contributed by atoms with Crippen molar-refractivity contribution in [3.05, 3.63) is 0 Å². The number of hydrogen-bond donors (Lipinski definition) is 0. The fourth-order valence-corrected chi connectivity index (χ4v) is 1.57. The van der Waals surface area contributed by atoms with Crippen molar-refractivity contribution in [3.8, 4) is 0 Å². The van der Waals surface area contributed by atoms with Gasteiger partial charge in [-0.05, 0) is 13.3 Å². The van der Waals surface area contributed by atoms with Crippen LogP contribution in [-0.4, -0.2) is 39.4 Å². The van der Waals surface area contributed by atoms with Gasteiger partial charge >= 0.3 is 11.9 Å². The van der Waals surface area contributed by atoms with E-state index in [1.165, 1.54) is 14.2 Å². The first-order valence-corrected chi connectivity index (χ1v) is 5.33. The Morgan fingerprint density at radius 1 is 1.06 bits per heavy atom. The summed E-state index contributed by atoms with van der Waals surface area (Å²) in [4.78, 5) is 23.5. The minimum absolute atomic E-state index is 0.00329. The molecule has 0 spiro atoms. The Labute approximate surface area is 96.1 Å². The fraction of sp³-hybridized carbons (Fsp3) is 0.818. The maximum absolute atomic E-state index is 11.7. The van der Waals surface area contributed by atoms with Crippen LogP contribution in [-0.2, 0) is 23.8 Å². The molecule has 0 aliphatic rings. The van der Waals surface area contributed by atoms with Crippen molar-refractivity contribution in [2.45, 2.75) is 26.7 Å². The normalized spacial score (nSPS) is 11.0. The van der Waals surface area contributed by atoms with Crippen molar-refractivity contribution in [2.75, 3.05) is 27.4 Å². The van der Waals surface area contributed by atoms with Crippen LogP contribution in [0.3, 0.4) is 0 Å². The Hall–Kier alpha value is -1.10. The minimum Gasteiger partial charge on any atom is -0.468 e. The van der Waals surface area contributed by atoms with Gasteiger partial charge in [-0.1, -0.05) is 13.3 Å². The third-order valence-corrected chi connectivity index (χ3v) is 2.38. The molecule has 16 heavy (non-hydrogen) atoms. The third kappa shape index (κ3) is 3.20. The zero-order valence-electron chi connectivity index (χ0n) is 10.4. The molecule has 0 radical (unpaired) electrons. The molecule has 0 aliphatic heterocycles. The van der Waals surface area contributed by atoms with Crippen molar-refractivity contribution in [3.63, 3.8) is 0 Å². The molecule has 0 aromatic heterocycles. The van der Waals surface area contributed by atoms with Gasteiger partial charge < -0.3 is 14.2 Å². The predicted octanol–water partition coefficient (Wildman–Crippen LogP) is 1.16. The molecule has 0 aromatic carbocycles. The first kappa shape index (κ1) is 14.9. The summed E-state index contributed by atoms with van der Waals surface area (Å²) in [5.74, 6) is -1.20. The minimum atomic E-state index is -1.33. The third-order valence-electron chi connectivity index (χ3n) is 2.38. The lowest BCUT2D eigenvalue weighted by Gasteiger charge is -2.27. The zero-order chi connectivity index (χ0) is 12.6. The van der Waals surface area contributed by atoms with Gasteiger partial charge in [0.15, 0.2) is 5.41 Å². The molecule has 5 nitrogen and oxygen atoms in total. The van der Waals surface area contributed by atoms with E-state index in [1.54, 1.807) is 6.92 Å². The summed E-state index contributed by atoms with van der Waals surface area (Å²) >= 11 is 0. The molecular formula is C11H20O5. The largest absolute Gasteiger partial charge is 0.468 e. The smallest absolute Gasteiger partial charge is 0.325 e. The first-order valence-electron chi connectivity index (χ1n) is 5.33. The highest BCUT2D eigenvalue weighted by Crippen LogP contribution is 2.28. The maximum Gasteiger partial charge on any atom is 0.325 e. The second-order valence-electron chi connectivity index (χ2n) is 3.45. The standard InChI is InChI=1S/C11H20O5/c1-5-7-11(8-16-6-2,9(12)14-3)10(13)15-4/h5-8H2,1-4H3. The van der Waals surface area contributed by atoms with E-state index in [0.717, 1.165) is 0 Å². The van der Waals surface area contributed by atoms with Crippen LogP contribution in [0.1, 0.15) is 26.7 Å². The van der Waals surface area contributed by atoms with Crippen molar-refractivity contribution in [2.24, 2.45) is 5.41 Å². The fourth-order valence-electron chi connectivity index (χ4n) is 1.57. The van der Waals surface area contributed by atoms with Gasteiger partial charge in [0, 0.05) is 6.61 Å². The molecule has 0 atom stereocenters. The lowest BCUT2D eigenvalue weighted by Crippen LogP contribution is -2.45. The molecule has 0 aromatic rings. The van der Waals surface area contributed by atoms with Crippen LogP contribution >= 0.6 is 0 Å². The van der Waals surface area contributed by atoms with Crippen LogP contribution in [0.15, 0.2) is 0 Å². The number of carbonyl (C=O) groups excluding carboxylic acids is 2. The quantitative estimate of drug-likeness (QED) is 0.487. The number of rotatable bonds is 7. The molecular weight excluding hydrogens is 212 g/mol. The van der Waals surface area contributed by atoms with Crippen molar-refractivity contribution < 1.29 is 23.8 Å². The van der Waals surface area contributed by atoms with E-state index >= 15 is 0 Å². The van der Waals surface area contributed by atoms with E-state index < -0.39 is 17.4 Å². The van der Waals surface area contributed by atoms with Gasteiger partial charge in [0.25, 0.3) is 0 Å². The summed E-state index contributed by atoms with van der Waals surface area (Å²) in [6, 6.07) is 0. The lowest BCUT2D eigenvalue weighted by atomic mass is 9.84. The van der Waals surface area contributed by atoms with Gasteiger partial charge in [0.2, 0.25) is 0 Å². The molecule has 0 aliphatic carbocycles. The monoisotopic (exact) mass is 232 g/mol. The summed E-state index contributed by atoms with van der Waals surface area (Å²) in [5, 5.41) is 0. The van der Waals surface area contributed by atoms with Gasteiger partial charge in [-0.25, -0.2) is 0 Å². The molecule has 0 saturated carbocycles. The summed E-state index contributed by atoms with van der Waals surface area (Å²) in [6.07, 6.45) is 1.02. The Kier molecular flexibility index (Phi) is 6.72. The van der Waals surface area contributed by atoms with Gasteiger partial charge in [-0.3, -0.25) is 9.59 Å². The zero-order valence-corrected chi connectivity index (χ0v) is 10.4. The van der Waals surface area contributed by atoms with E-state index in [0.29, 0.717) is 19.4 Å². The van der Waals surface area contributed by atoms with Gasteiger partial charge in [-0.15, -0.1) is 0 Å². The average Bonchev–Trinajstić information content (AvgIpc) is 2.32. The topological polar surface area (TPSA) is 61.8 Å². The van der Waals surface area contributed by atoms with E-state index in [9.17, 15) is 9.59 Å². The van der Waals surface area contributed by atoms with Crippen molar-refractivity contribution in [1.29, 1.82) is 0 Å². The van der Waals surface area contributed by atoms with Crippen LogP contribution in [0.2, 0.25) is 0 Å². The second-order valence-corrected chi connectivity index (χ2v) is 3.45. The molecule has 0 N–H and O–H groups in total. The highest BCUT2D eigenvalue weighted by atomic mass is 16.6. The van der Waals surface area contributed by atoms with E-state index in [2.05, 4.69) is 9.47 Å².